The Morgan fingerprint density at radius 3 is 2.50 bits per heavy atom. The number of hydrogen-bond acceptors (Lipinski definition) is 2. The van der Waals surface area contributed by atoms with Crippen LogP contribution in [0.1, 0.15) is 5.69 Å². The highest BCUT2D eigenvalue weighted by Crippen LogP contribution is 2.21. The van der Waals surface area contributed by atoms with Crippen molar-refractivity contribution in [2.75, 3.05) is 0 Å². The zero-order chi connectivity index (χ0) is 12.5. The third-order valence-electron chi connectivity index (χ3n) is 2.88. The maximum absolute atomic E-state index is 13.2. The maximum atomic E-state index is 13.2. The number of nitrogens with zero attached hydrogens (tertiary/aromatic N) is 2. The van der Waals surface area contributed by atoms with Crippen molar-refractivity contribution in [2.24, 2.45) is 0 Å². The van der Waals surface area contributed by atoms with E-state index in [-0.39, 0.29) is 5.82 Å². The Morgan fingerprint density at radius 2 is 1.72 bits per heavy atom. The van der Waals surface area contributed by atoms with Gasteiger partial charge in [-0.15, -0.1) is 0 Å². The average molecular weight is 238 g/mol. The SMILES string of the molecule is Cc1nc(-c2ccccc2)nc2cc(F)ccc12. The second-order valence-electron chi connectivity index (χ2n) is 4.16. The summed E-state index contributed by atoms with van der Waals surface area (Å²) in [7, 11) is 0. The smallest absolute Gasteiger partial charge is 0.160 e. The molecule has 0 saturated carbocycles. The van der Waals surface area contributed by atoms with Crippen molar-refractivity contribution in [1.29, 1.82) is 0 Å². The summed E-state index contributed by atoms with van der Waals surface area (Å²) in [5, 5.41) is 0.885. The number of aryl methyl sites for hydroxylation is 1. The molecule has 1 heterocycles. The summed E-state index contributed by atoms with van der Waals surface area (Å²) >= 11 is 0. The van der Waals surface area contributed by atoms with Crippen molar-refractivity contribution in [3.05, 3.63) is 60.0 Å². The predicted molar refractivity (Wildman–Crippen MR) is 69.7 cm³/mol. The summed E-state index contributed by atoms with van der Waals surface area (Å²) in [5.74, 6) is 0.353. The van der Waals surface area contributed by atoms with Crippen LogP contribution in [-0.4, -0.2) is 9.97 Å². The van der Waals surface area contributed by atoms with Crippen molar-refractivity contribution >= 4 is 10.9 Å². The topological polar surface area (TPSA) is 25.8 Å². The van der Waals surface area contributed by atoms with Gasteiger partial charge in [0, 0.05) is 22.7 Å². The van der Waals surface area contributed by atoms with Crippen LogP contribution in [0, 0.1) is 12.7 Å². The largest absolute Gasteiger partial charge is 0.233 e. The molecule has 0 N–H and O–H groups in total. The molecule has 0 aliphatic carbocycles. The van der Waals surface area contributed by atoms with E-state index in [9.17, 15) is 4.39 Å². The Kier molecular flexibility index (Phi) is 2.52. The van der Waals surface area contributed by atoms with Gasteiger partial charge in [-0.05, 0) is 19.1 Å². The highest BCUT2D eigenvalue weighted by atomic mass is 19.1. The molecule has 2 nitrogen and oxygen atoms in total. The first-order valence-corrected chi connectivity index (χ1v) is 5.73. The first kappa shape index (κ1) is 10.8. The quantitative estimate of drug-likeness (QED) is 0.645. The first-order valence-electron chi connectivity index (χ1n) is 5.73. The van der Waals surface area contributed by atoms with E-state index in [1.54, 1.807) is 6.07 Å². The van der Waals surface area contributed by atoms with Gasteiger partial charge in [-0.1, -0.05) is 30.3 Å². The molecule has 0 atom stereocenters. The molecule has 3 heteroatoms. The minimum Gasteiger partial charge on any atom is -0.233 e. The Morgan fingerprint density at radius 1 is 0.944 bits per heavy atom. The number of rotatable bonds is 1. The predicted octanol–water partition coefficient (Wildman–Crippen LogP) is 3.74. The van der Waals surface area contributed by atoms with Gasteiger partial charge in [0.1, 0.15) is 5.82 Å². The molecule has 0 amide bonds. The summed E-state index contributed by atoms with van der Waals surface area (Å²) in [6.07, 6.45) is 0. The van der Waals surface area contributed by atoms with Crippen LogP contribution in [0.25, 0.3) is 22.3 Å². The summed E-state index contributed by atoms with van der Waals surface area (Å²) < 4.78 is 13.2. The van der Waals surface area contributed by atoms with Gasteiger partial charge in [-0.2, -0.15) is 0 Å². The number of benzene rings is 2. The van der Waals surface area contributed by atoms with E-state index in [2.05, 4.69) is 9.97 Å². The van der Waals surface area contributed by atoms with Gasteiger partial charge in [0.2, 0.25) is 0 Å². The second-order valence-corrected chi connectivity index (χ2v) is 4.16. The Labute approximate surface area is 104 Å². The molecular formula is C15H11FN2. The van der Waals surface area contributed by atoms with E-state index in [4.69, 9.17) is 0 Å². The molecule has 0 saturated heterocycles. The van der Waals surface area contributed by atoms with Gasteiger partial charge in [-0.25, -0.2) is 14.4 Å². The Balaban J connectivity index is 2.27. The van der Waals surface area contributed by atoms with E-state index >= 15 is 0 Å². The van der Waals surface area contributed by atoms with Crippen molar-refractivity contribution < 1.29 is 4.39 Å². The molecule has 0 unspecified atom stereocenters. The number of halogens is 1. The van der Waals surface area contributed by atoms with Gasteiger partial charge < -0.3 is 0 Å². The minimum atomic E-state index is -0.278. The zero-order valence-corrected chi connectivity index (χ0v) is 9.89. The molecule has 3 rings (SSSR count). The lowest BCUT2D eigenvalue weighted by atomic mass is 10.1. The van der Waals surface area contributed by atoms with E-state index in [1.807, 2.05) is 37.3 Å². The zero-order valence-electron chi connectivity index (χ0n) is 9.89. The third-order valence-corrected chi connectivity index (χ3v) is 2.88. The van der Waals surface area contributed by atoms with Gasteiger partial charge in [0.15, 0.2) is 5.82 Å². The third kappa shape index (κ3) is 1.84. The summed E-state index contributed by atoms with van der Waals surface area (Å²) in [5.41, 5.74) is 2.44. The molecule has 88 valence electrons. The van der Waals surface area contributed by atoms with Crippen LogP contribution in [-0.2, 0) is 0 Å². The molecular weight excluding hydrogens is 227 g/mol. The van der Waals surface area contributed by atoms with Crippen LogP contribution in [0.2, 0.25) is 0 Å². The Hall–Kier alpha value is -2.29. The summed E-state index contributed by atoms with van der Waals surface area (Å²) in [4.78, 5) is 8.88. The van der Waals surface area contributed by atoms with Gasteiger partial charge in [0.05, 0.1) is 5.52 Å². The highest BCUT2D eigenvalue weighted by Gasteiger charge is 2.06. The van der Waals surface area contributed by atoms with Crippen LogP contribution >= 0.6 is 0 Å². The van der Waals surface area contributed by atoms with Crippen molar-refractivity contribution in [2.45, 2.75) is 6.92 Å². The fourth-order valence-electron chi connectivity index (χ4n) is 1.98. The summed E-state index contributed by atoms with van der Waals surface area (Å²) in [6, 6.07) is 14.3. The van der Waals surface area contributed by atoms with E-state index in [0.717, 1.165) is 16.6 Å². The number of hydrogen-bond donors (Lipinski definition) is 0. The number of fused-ring (bicyclic) bond motifs is 1. The molecule has 0 radical (unpaired) electrons. The molecule has 0 fully saturated rings. The van der Waals surface area contributed by atoms with Crippen molar-refractivity contribution in [1.82, 2.24) is 9.97 Å². The monoisotopic (exact) mass is 238 g/mol. The van der Waals surface area contributed by atoms with Crippen LogP contribution in [0.3, 0.4) is 0 Å². The first-order chi connectivity index (χ1) is 8.74. The van der Waals surface area contributed by atoms with Gasteiger partial charge in [-0.3, -0.25) is 0 Å². The lowest BCUT2D eigenvalue weighted by Gasteiger charge is -2.05. The Bertz CT molecular complexity index is 708. The molecule has 2 aromatic carbocycles. The normalized spacial score (nSPS) is 10.8. The minimum absolute atomic E-state index is 0.278. The van der Waals surface area contributed by atoms with Crippen molar-refractivity contribution in [3.8, 4) is 11.4 Å². The molecule has 0 spiro atoms. The van der Waals surface area contributed by atoms with Crippen LogP contribution in [0.4, 0.5) is 4.39 Å². The molecule has 3 aromatic rings. The fourth-order valence-corrected chi connectivity index (χ4v) is 1.98. The van der Waals surface area contributed by atoms with Crippen molar-refractivity contribution in [3.63, 3.8) is 0 Å². The summed E-state index contributed by atoms with van der Waals surface area (Å²) in [6.45, 7) is 1.91. The van der Waals surface area contributed by atoms with Crippen LogP contribution in [0.5, 0.6) is 0 Å². The standard InChI is InChI=1S/C15H11FN2/c1-10-13-8-7-12(16)9-14(13)18-15(17-10)11-5-3-2-4-6-11/h2-9H,1H3. The molecule has 18 heavy (non-hydrogen) atoms. The van der Waals surface area contributed by atoms with Gasteiger partial charge in [0.25, 0.3) is 0 Å². The van der Waals surface area contributed by atoms with Crippen LogP contribution in [0.15, 0.2) is 48.5 Å². The number of aromatic nitrogens is 2. The highest BCUT2D eigenvalue weighted by molar-refractivity contribution is 5.82. The van der Waals surface area contributed by atoms with E-state index in [1.165, 1.54) is 12.1 Å². The lowest BCUT2D eigenvalue weighted by Crippen LogP contribution is -1.94. The molecule has 0 bridgehead atoms. The lowest BCUT2D eigenvalue weighted by molar-refractivity contribution is 0.629. The average Bonchev–Trinajstić information content (AvgIpc) is 2.39. The molecule has 0 aliphatic rings. The van der Waals surface area contributed by atoms with Gasteiger partial charge >= 0.3 is 0 Å². The second kappa shape index (κ2) is 4.18. The maximum Gasteiger partial charge on any atom is 0.160 e. The van der Waals surface area contributed by atoms with E-state index in [0.29, 0.717) is 11.3 Å². The molecule has 0 aliphatic heterocycles. The van der Waals surface area contributed by atoms with E-state index < -0.39 is 0 Å². The fraction of sp³-hybridized carbons (Fsp3) is 0.0667. The molecule has 1 aromatic heterocycles. The van der Waals surface area contributed by atoms with Crippen LogP contribution < -0.4 is 0 Å².